The fourth-order valence-corrected chi connectivity index (χ4v) is 2.96. The average Bonchev–Trinajstić information content (AvgIpc) is 2.46. The fourth-order valence-electron chi connectivity index (χ4n) is 2.96. The second-order valence-corrected chi connectivity index (χ2v) is 5.41. The second-order valence-electron chi connectivity index (χ2n) is 5.41. The van der Waals surface area contributed by atoms with Crippen LogP contribution in [0.4, 0.5) is 17.6 Å². The lowest BCUT2D eigenvalue weighted by Gasteiger charge is -2.46. The van der Waals surface area contributed by atoms with Gasteiger partial charge in [-0.2, -0.15) is 13.2 Å². The van der Waals surface area contributed by atoms with Gasteiger partial charge in [0.2, 0.25) is 0 Å². The van der Waals surface area contributed by atoms with Crippen LogP contribution in [-0.2, 0) is 6.18 Å². The SMILES string of the molecule is O=C(c1ccc(C(F)(F)F)c(F)c1)C1CN2CCN1CC2. The first kappa shape index (κ1) is 14.5. The van der Waals surface area contributed by atoms with Crippen molar-refractivity contribution in [2.24, 2.45) is 0 Å². The molecule has 0 N–H and O–H groups in total. The summed E-state index contributed by atoms with van der Waals surface area (Å²) in [6.45, 7) is 3.87. The topological polar surface area (TPSA) is 23.6 Å². The van der Waals surface area contributed by atoms with Crippen molar-refractivity contribution in [3.8, 4) is 0 Å². The summed E-state index contributed by atoms with van der Waals surface area (Å²) in [5.41, 5.74) is -1.34. The normalized spacial score (nSPS) is 28.7. The summed E-state index contributed by atoms with van der Waals surface area (Å²) < 4.78 is 51.1. The Balaban J connectivity index is 1.84. The fraction of sp³-hybridized carbons (Fsp3) is 0.500. The minimum Gasteiger partial charge on any atom is -0.299 e. The predicted molar refractivity (Wildman–Crippen MR) is 67.5 cm³/mol. The van der Waals surface area contributed by atoms with Crippen molar-refractivity contribution >= 4 is 5.78 Å². The van der Waals surface area contributed by atoms with E-state index in [9.17, 15) is 22.4 Å². The number of Topliss-reactive ketones (excluding diaryl/α,β-unsaturated/α-hetero) is 1. The maximum absolute atomic E-state index is 13.6. The van der Waals surface area contributed by atoms with Gasteiger partial charge in [0.05, 0.1) is 11.6 Å². The third kappa shape index (κ3) is 2.67. The molecule has 114 valence electrons. The molecule has 2 bridgehead atoms. The van der Waals surface area contributed by atoms with Gasteiger partial charge in [-0.1, -0.05) is 6.07 Å². The molecule has 3 nitrogen and oxygen atoms in total. The van der Waals surface area contributed by atoms with Crippen LogP contribution < -0.4 is 0 Å². The lowest BCUT2D eigenvalue weighted by atomic mass is 9.97. The number of carbonyl (C=O) groups is 1. The van der Waals surface area contributed by atoms with Gasteiger partial charge in [0, 0.05) is 38.3 Å². The maximum Gasteiger partial charge on any atom is 0.419 e. The molecule has 0 spiro atoms. The highest BCUT2D eigenvalue weighted by molar-refractivity contribution is 6.00. The Labute approximate surface area is 119 Å². The quantitative estimate of drug-likeness (QED) is 0.617. The predicted octanol–water partition coefficient (Wildman–Crippen LogP) is 2.03. The third-order valence-corrected chi connectivity index (χ3v) is 4.14. The largest absolute Gasteiger partial charge is 0.419 e. The van der Waals surface area contributed by atoms with Crippen LogP contribution in [0.25, 0.3) is 0 Å². The van der Waals surface area contributed by atoms with E-state index >= 15 is 0 Å². The van der Waals surface area contributed by atoms with Gasteiger partial charge >= 0.3 is 6.18 Å². The zero-order valence-corrected chi connectivity index (χ0v) is 11.2. The molecule has 1 atom stereocenters. The number of fused-ring (bicyclic) bond motifs is 3. The lowest BCUT2D eigenvalue weighted by molar-refractivity contribution is -0.140. The van der Waals surface area contributed by atoms with E-state index in [1.807, 2.05) is 4.90 Å². The number of nitrogens with zero attached hydrogens (tertiary/aromatic N) is 2. The Morgan fingerprint density at radius 3 is 2.29 bits per heavy atom. The van der Waals surface area contributed by atoms with Crippen molar-refractivity contribution in [1.82, 2.24) is 9.80 Å². The molecule has 0 radical (unpaired) electrons. The number of benzene rings is 1. The first-order valence-electron chi connectivity index (χ1n) is 6.73. The summed E-state index contributed by atoms with van der Waals surface area (Å²) >= 11 is 0. The second kappa shape index (κ2) is 5.06. The highest BCUT2D eigenvalue weighted by atomic mass is 19.4. The highest BCUT2D eigenvalue weighted by Crippen LogP contribution is 2.32. The molecule has 0 amide bonds. The molecule has 1 unspecified atom stereocenters. The minimum atomic E-state index is -4.75. The number of ketones is 1. The van der Waals surface area contributed by atoms with Crippen molar-refractivity contribution < 1.29 is 22.4 Å². The van der Waals surface area contributed by atoms with Crippen LogP contribution in [-0.4, -0.2) is 54.3 Å². The maximum atomic E-state index is 13.6. The van der Waals surface area contributed by atoms with Gasteiger partial charge in [0.25, 0.3) is 0 Å². The van der Waals surface area contributed by atoms with E-state index in [0.717, 1.165) is 32.2 Å². The molecule has 3 aliphatic rings. The molecule has 0 saturated carbocycles. The van der Waals surface area contributed by atoms with Crippen LogP contribution in [0.1, 0.15) is 15.9 Å². The van der Waals surface area contributed by atoms with E-state index in [4.69, 9.17) is 0 Å². The number of rotatable bonds is 2. The van der Waals surface area contributed by atoms with E-state index in [0.29, 0.717) is 18.7 Å². The van der Waals surface area contributed by atoms with E-state index < -0.39 is 17.6 Å². The van der Waals surface area contributed by atoms with E-state index in [1.165, 1.54) is 0 Å². The molecule has 1 aromatic carbocycles. The molecule has 7 heteroatoms. The molecule has 3 heterocycles. The van der Waals surface area contributed by atoms with Crippen molar-refractivity contribution in [2.45, 2.75) is 12.2 Å². The van der Waals surface area contributed by atoms with Crippen LogP contribution in [0.2, 0.25) is 0 Å². The molecule has 0 aliphatic carbocycles. The van der Waals surface area contributed by atoms with Gasteiger partial charge in [-0.25, -0.2) is 4.39 Å². The summed E-state index contributed by atoms with van der Waals surface area (Å²) in [6, 6.07) is 2.01. The Hall–Kier alpha value is -1.47. The van der Waals surface area contributed by atoms with Gasteiger partial charge in [0.15, 0.2) is 5.78 Å². The first-order chi connectivity index (χ1) is 9.86. The van der Waals surface area contributed by atoms with Crippen LogP contribution >= 0.6 is 0 Å². The van der Waals surface area contributed by atoms with Crippen LogP contribution in [0, 0.1) is 5.82 Å². The van der Waals surface area contributed by atoms with Crippen molar-refractivity contribution in [2.75, 3.05) is 32.7 Å². The summed E-state index contributed by atoms with van der Waals surface area (Å²) in [5, 5.41) is 0. The van der Waals surface area contributed by atoms with Gasteiger partial charge in [0.1, 0.15) is 5.82 Å². The number of hydrogen-bond donors (Lipinski definition) is 0. The summed E-state index contributed by atoms with van der Waals surface area (Å²) in [7, 11) is 0. The molecule has 21 heavy (non-hydrogen) atoms. The van der Waals surface area contributed by atoms with Gasteiger partial charge in [-0.15, -0.1) is 0 Å². The van der Waals surface area contributed by atoms with Crippen molar-refractivity contribution in [3.05, 3.63) is 35.1 Å². The molecule has 3 aliphatic heterocycles. The number of alkyl halides is 3. The minimum absolute atomic E-state index is 0.000694. The zero-order chi connectivity index (χ0) is 15.2. The van der Waals surface area contributed by atoms with Gasteiger partial charge in [-0.3, -0.25) is 14.6 Å². The van der Waals surface area contributed by atoms with E-state index in [2.05, 4.69) is 4.90 Å². The van der Waals surface area contributed by atoms with Gasteiger partial charge < -0.3 is 0 Å². The van der Waals surface area contributed by atoms with Crippen LogP contribution in [0.5, 0.6) is 0 Å². The highest BCUT2D eigenvalue weighted by Gasteiger charge is 2.38. The summed E-state index contributed by atoms with van der Waals surface area (Å²) in [6.07, 6.45) is -4.75. The Morgan fingerprint density at radius 2 is 1.81 bits per heavy atom. The van der Waals surface area contributed by atoms with Crippen LogP contribution in [0.15, 0.2) is 18.2 Å². The average molecular weight is 302 g/mol. The molecule has 0 aromatic heterocycles. The zero-order valence-electron chi connectivity index (χ0n) is 11.2. The summed E-state index contributed by atoms with van der Waals surface area (Å²) in [5.74, 6) is -1.71. The van der Waals surface area contributed by atoms with Gasteiger partial charge in [-0.05, 0) is 12.1 Å². The molecular weight excluding hydrogens is 288 g/mol. The monoisotopic (exact) mass is 302 g/mol. The lowest BCUT2D eigenvalue weighted by Crippen LogP contribution is -2.63. The first-order valence-corrected chi connectivity index (χ1v) is 6.73. The van der Waals surface area contributed by atoms with Crippen LogP contribution in [0.3, 0.4) is 0 Å². The van der Waals surface area contributed by atoms with Crippen molar-refractivity contribution in [1.29, 1.82) is 0 Å². The Kier molecular flexibility index (Phi) is 3.49. The molecule has 3 fully saturated rings. The van der Waals surface area contributed by atoms with E-state index in [1.54, 1.807) is 0 Å². The molecule has 4 rings (SSSR count). The van der Waals surface area contributed by atoms with E-state index in [-0.39, 0.29) is 17.4 Å². The Bertz CT molecular complexity index is 565. The molecular formula is C14H14F4N2O. The number of hydrogen-bond acceptors (Lipinski definition) is 3. The smallest absolute Gasteiger partial charge is 0.299 e. The molecule has 1 aromatic rings. The number of carbonyl (C=O) groups excluding carboxylic acids is 1. The van der Waals surface area contributed by atoms with Crippen molar-refractivity contribution in [3.63, 3.8) is 0 Å². The standard InChI is InChI=1S/C14H14F4N2O/c15-11-7-9(1-2-10(11)14(16,17)18)13(21)12-8-19-3-5-20(12)6-4-19/h1-2,7,12H,3-6,8H2. The Morgan fingerprint density at radius 1 is 1.14 bits per heavy atom. The number of halogens is 4. The molecule has 3 saturated heterocycles. The number of piperazine rings is 3. The summed E-state index contributed by atoms with van der Waals surface area (Å²) in [4.78, 5) is 16.5. The third-order valence-electron chi connectivity index (χ3n) is 4.14.